The van der Waals surface area contributed by atoms with Gasteiger partial charge in [0.15, 0.2) is 11.6 Å². The zero-order valence-electron chi connectivity index (χ0n) is 16.6. The predicted molar refractivity (Wildman–Crippen MR) is 103 cm³/mol. The standard InChI is InChI=1S/C21H28FN3O3/c1-11(14-8-23-18-16(14)17(22)15(28-3)9-24-18)19(26)25-12-4-20(2)5-13(25)7-21(27,6-12)10-20/h8-9,11-13,19,26-27H,4-7,10H2,1-3H3,(H,23,24). The summed E-state index contributed by atoms with van der Waals surface area (Å²) in [5, 5.41) is 22.6. The Morgan fingerprint density at radius 1 is 1.32 bits per heavy atom. The number of methoxy groups -OCH3 is 1. The number of nitrogens with one attached hydrogen (secondary N) is 1. The molecule has 7 heteroatoms. The second-order valence-electron chi connectivity index (χ2n) is 9.59. The third-order valence-electron chi connectivity index (χ3n) is 7.39. The minimum Gasteiger partial charge on any atom is -0.492 e. The molecule has 6 rings (SSSR count). The maximum Gasteiger partial charge on any atom is 0.177 e. The van der Waals surface area contributed by atoms with Gasteiger partial charge in [-0.05, 0) is 43.1 Å². The first-order valence-electron chi connectivity index (χ1n) is 10.1. The van der Waals surface area contributed by atoms with Crippen molar-refractivity contribution in [1.82, 2.24) is 14.9 Å². The van der Waals surface area contributed by atoms with E-state index in [9.17, 15) is 14.6 Å². The lowest BCUT2D eigenvalue weighted by molar-refractivity contribution is -0.223. The molecule has 152 valence electrons. The van der Waals surface area contributed by atoms with Gasteiger partial charge in [0.2, 0.25) is 0 Å². The average Bonchev–Trinajstić information content (AvgIpc) is 3.03. The van der Waals surface area contributed by atoms with Crippen LogP contribution in [0, 0.1) is 11.2 Å². The molecule has 6 nitrogen and oxygen atoms in total. The molecule has 4 bridgehead atoms. The fraction of sp³-hybridized carbons (Fsp3) is 0.667. The molecule has 28 heavy (non-hydrogen) atoms. The van der Waals surface area contributed by atoms with Crippen LogP contribution in [0.2, 0.25) is 0 Å². The van der Waals surface area contributed by atoms with Crippen molar-refractivity contribution in [1.29, 1.82) is 0 Å². The van der Waals surface area contributed by atoms with Crippen LogP contribution >= 0.6 is 0 Å². The summed E-state index contributed by atoms with van der Waals surface area (Å²) in [5.74, 6) is -0.665. The van der Waals surface area contributed by atoms with Crippen molar-refractivity contribution in [3.63, 3.8) is 0 Å². The van der Waals surface area contributed by atoms with Gasteiger partial charge in [-0.2, -0.15) is 0 Å². The lowest BCUT2D eigenvalue weighted by Crippen LogP contribution is -2.69. The largest absolute Gasteiger partial charge is 0.492 e. The number of aliphatic hydroxyl groups is 2. The first-order chi connectivity index (χ1) is 13.2. The topological polar surface area (TPSA) is 81.6 Å². The number of fused-ring (bicyclic) bond motifs is 1. The second-order valence-corrected chi connectivity index (χ2v) is 9.59. The number of hydrogen-bond acceptors (Lipinski definition) is 5. The third kappa shape index (κ3) is 2.52. The molecule has 3 N–H and O–H groups in total. The zero-order chi connectivity index (χ0) is 19.8. The van der Waals surface area contributed by atoms with Crippen LogP contribution in [0.25, 0.3) is 11.0 Å². The number of rotatable bonds is 4. The molecule has 2 aliphatic carbocycles. The van der Waals surface area contributed by atoms with Gasteiger partial charge in [0.1, 0.15) is 11.9 Å². The monoisotopic (exact) mass is 389 g/mol. The van der Waals surface area contributed by atoms with Crippen LogP contribution in [0.5, 0.6) is 5.75 Å². The molecule has 0 radical (unpaired) electrons. The highest BCUT2D eigenvalue weighted by molar-refractivity contribution is 5.82. The SMILES string of the molecule is COc1cnc2[nH]cc(C(C)C(O)N3C4CC5(C)CC3CC(O)(C4)C5)c2c1F. The Bertz CT molecular complexity index is 893. The molecule has 4 aliphatic rings. The van der Waals surface area contributed by atoms with Gasteiger partial charge in [-0.15, -0.1) is 0 Å². The average molecular weight is 389 g/mol. The summed E-state index contributed by atoms with van der Waals surface area (Å²) in [5.41, 5.74) is 0.716. The molecule has 0 spiro atoms. The van der Waals surface area contributed by atoms with Gasteiger partial charge in [-0.1, -0.05) is 13.8 Å². The summed E-state index contributed by atoms with van der Waals surface area (Å²) in [6, 6.07) is 0.327. The van der Waals surface area contributed by atoms with E-state index in [4.69, 9.17) is 4.74 Å². The number of ether oxygens (including phenoxy) is 1. The fourth-order valence-electron chi connectivity index (χ4n) is 6.54. The quantitative estimate of drug-likeness (QED) is 0.749. The molecular weight excluding hydrogens is 361 g/mol. The Kier molecular flexibility index (Phi) is 3.87. The smallest absolute Gasteiger partial charge is 0.177 e. The number of H-pyrrole nitrogens is 1. The van der Waals surface area contributed by atoms with Gasteiger partial charge >= 0.3 is 0 Å². The summed E-state index contributed by atoms with van der Waals surface area (Å²) < 4.78 is 20.0. The predicted octanol–water partition coefficient (Wildman–Crippen LogP) is 2.90. The summed E-state index contributed by atoms with van der Waals surface area (Å²) in [7, 11) is 1.42. The Morgan fingerprint density at radius 3 is 2.61 bits per heavy atom. The van der Waals surface area contributed by atoms with Gasteiger partial charge in [0, 0.05) is 24.2 Å². The first kappa shape index (κ1) is 18.3. The van der Waals surface area contributed by atoms with Gasteiger partial charge < -0.3 is 19.9 Å². The van der Waals surface area contributed by atoms with Crippen LogP contribution in [0.15, 0.2) is 12.4 Å². The van der Waals surface area contributed by atoms with Crippen LogP contribution in [0.1, 0.15) is 57.4 Å². The molecule has 2 aromatic rings. The number of nitrogens with zero attached hydrogens (tertiary/aromatic N) is 2. The van der Waals surface area contributed by atoms with E-state index in [1.807, 2.05) is 6.92 Å². The van der Waals surface area contributed by atoms with E-state index in [0.29, 0.717) is 29.4 Å². The molecule has 2 aliphatic heterocycles. The molecule has 2 aromatic heterocycles. The summed E-state index contributed by atoms with van der Waals surface area (Å²) >= 11 is 0. The van der Waals surface area contributed by atoms with Crippen molar-refractivity contribution in [2.45, 2.75) is 75.8 Å². The Morgan fingerprint density at radius 2 is 2.00 bits per heavy atom. The van der Waals surface area contributed by atoms with Crippen molar-refractivity contribution < 1.29 is 19.3 Å². The van der Waals surface area contributed by atoms with Crippen LogP contribution in [-0.2, 0) is 0 Å². The molecule has 2 saturated carbocycles. The molecule has 4 atom stereocenters. The number of hydrogen-bond donors (Lipinski definition) is 3. The van der Waals surface area contributed by atoms with Crippen molar-refractivity contribution in [2.75, 3.05) is 7.11 Å². The normalized spacial score (nSPS) is 36.8. The van der Waals surface area contributed by atoms with E-state index in [2.05, 4.69) is 21.8 Å². The molecule has 0 amide bonds. The highest BCUT2D eigenvalue weighted by Crippen LogP contribution is 2.58. The summed E-state index contributed by atoms with van der Waals surface area (Å²) in [6.07, 6.45) is 6.63. The van der Waals surface area contributed by atoms with E-state index >= 15 is 0 Å². The maximum absolute atomic E-state index is 14.9. The first-order valence-corrected chi connectivity index (χ1v) is 10.1. The van der Waals surface area contributed by atoms with E-state index in [1.165, 1.54) is 13.3 Å². The Balaban J connectivity index is 1.48. The highest BCUT2D eigenvalue weighted by atomic mass is 19.1. The number of aliphatic hydroxyl groups excluding tert-OH is 1. The molecule has 4 heterocycles. The van der Waals surface area contributed by atoms with Crippen LogP contribution < -0.4 is 4.74 Å². The van der Waals surface area contributed by atoms with Crippen molar-refractivity contribution in [2.24, 2.45) is 5.41 Å². The molecule has 4 unspecified atom stereocenters. The van der Waals surface area contributed by atoms with Gasteiger partial charge in [-0.25, -0.2) is 9.37 Å². The minimum atomic E-state index is -0.744. The van der Waals surface area contributed by atoms with Crippen LogP contribution in [0.4, 0.5) is 4.39 Å². The Labute approximate surface area is 163 Å². The Hall–Kier alpha value is -1.70. The third-order valence-corrected chi connectivity index (χ3v) is 7.39. The van der Waals surface area contributed by atoms with Gasteiger partial charge in [0.05, 0.1) is 24.3 Å². The molecule has 2 saturated heterocycles. The lowest BCUT2D eigenvalue weighted by Gasteiger charge is -2.64. The van der Waals surface area contributed by atoms with Crippen molar-refractivity contribution >= 4 is 11.0 Å². The van der Waals surface area contributed by atoms with Gasteiger partial charge in [-0.3, -0.25) is 4.90 Å². The minimum absolute atomic E-state index is 0.0973. The number of pyridine rings is 1. The van der Waals surface area contributed by atoms with Crippen LogP contribution in [0.3, 0.4) is 0 Å². The van der Waals surface area contributed by atoms with E-state index < -0.39 is 17.6 Å². The van der Waals surface area contributed by atoms with Crippen molar-refractivity contribution in [3.8, 4) is 5.75 Å². The van der Waals surface area contributed by atoms with E-state index in [-0.39, 0.29) is 29.2 Å². The maximum atomic E-state index is 14.9. The molecule has 0 aromatic carbocycles. The molecule has 4 fully saturated rings. The highest BCUT2D eigenvalue weighted by Gasteiger charge is 2.59. The van der Waals surface area contributed by atoms with E-state index in [1.54, 1.807) is 6.20 Å². The zero-order valence-corrected chi connectivity index (χ0v) is 16.6. The van der Waals surface area contributed by atoms with Crippen LogP contribution in [-0.4, -0.2) is 56.1 Å². The van der Waals surface area contributed by atoms with Crippen molar-refractivity contribution in [3.05, 3.63) is 23.8 Å². The van der Waals surface area contributed by atoms with Gasteiger partial charge in [0.25, 0.3) is 0 Å². The summed E-state index contributed by atoms with van der Waals surface area (Å²) in [6.45, 7) is 4.18. The van der Waals surface area contributed by atoms with E-state index in [0.717, 1.165) is 19.3 Å². The number of halogens is 1. The number of aromatic nitrogens is 2. The lowest BCUT2D eigenvalue weighted by atomic mass is 9.54. The second kappa shape index (κ2) is 5.90. The molecular formula is C21H28FN3O3. The summed E-state index contributed by atoms with van der Waals surface area (Å²) in [4.78, 5) is 9.43. The number of piperidine rings is 2. The fourth-order valence-corrected chi connectivity index (χ4v) is 6.54. The number of aromatic amines is 1.